The Kier molecular flexibility index (Phi) is 5.61. The number of nitrogens with zero attached hydrogens (tertiary/aromatic N) is 1. The number of hydrogen-bond donors (Lipinski definition) is 1. The summed E-state index contributed by atoms with van der Waals surface area (Å²) in [5.74, 6) is -2.11. The number of halogens is 4. The fraction of sp³-hybridized carbons (Fsp3) is 0.250. The van der Waals surface area contributed by atoms with Crippen molar-refractivity contribution < 1.29 is 18.3 Å². The Bertz CT molecular complexity index is 1190. The number of benzene rings is 2. The van der Waals surface area contributed by atoms with Crippen LogP contribution in [0, 0.1) is 17.6 Å². The van der Waals surface area contributed by atoms with Crippen LogP contribution in [0.15, 0.2) is 54.6 Å². The molecule has 0 unspecified atom stereocenters. The van der Waals surface area contributed by atoms with Gasteiger partial charge in [0.1, 0.15) is 21.9 Å². The summed E-state index contributed by atoms with van der Waals surface area (Å²) in [6, 6.07) is 13.6. The number of carbonyl (C=O) groups is 1. The number of amides is 1. The van der Waals surface area contributed by atoms with Crippen molar-refractivity contribution in [3.8, 4) is 11.1 Å². The van der Waals surface area contributed by atoms with Crippen LogP contribution in [0.5, 0.6) is 0 Å². The number of ether oxygens (including phenoxy) is 1. The SMILES string of the molecule is O=C(Nc1ccc(-c2ccccc2F)c(F)c1)[C@@H]1[C@H](c2cc(Cl)nc(Cl)c2)[C@@H]2CC[C@H]1O2. The van der Waals surface area contributed by atoms with Crippen molar-refractivity contribution in [3.05, 3.63) is 82.1 Å². The lowest BCUT2D eigenvalue weighted by Gasteiger charge is -2.27. The van der Waals surface area contributed by atoms with Crippen molar-refractivity contribution in [2.24, 2.45) is 5.92 Å². The molecule has 2 bridgehead atoms. The topological polar surface area (TPSA) is 51.2 Å². The van der Waals surface area contributed by atoms with E-state index in [9.17, 15) is 13.6 Å². The summed E-state index contributed by atoms with van der Waals surface area (Å²) in [6.45, 7) is 0. The molecule has 0 aliphatic carbocycles. The number of carbonyl (C=O) groups excluding carboxylic acids is 1. The predicted molar refractivity (Wildman–Crippen MR) is 119 cm³/mol. The van der Waals surface area contributed by atoms with Crippen LogP contribution < -0.4 is 5.32 Å². The van der Waals surface area contributed by atoms with Crippen LogP contribution in [0.4, 0.5) is 14.5 Å². The van der Waals surface area contributed by atoms with Crippen molar-refractivity contribution in [3.63, 3.8) is 0 Å². The minimum atomic E-state index is -0.624. The van der Waals surface area contributed by atoms with Crippen LogP contribution in [-0.4, -0.2) is 23.1 Å². The molecule has 4 atom stereocenters. The van der Waals surface area contributed by atoms with Crippen molar-refractivity contribution in [2.45, 2.75) is 31.0 Å². The minimum absolute atomic E-state index is 0.120. The molecule has 2 aliphatic rings. The molecule has 0 saturated carbocycles. The van der Waals surface area contributed by atoms with E-state index in [1.807, 2.05) is 0 Å². The molecule has 32 heavy (non-hydrogen) atoms. The first-order chi connectivity index (χ1) is 15.4. The molecule has 8 heteroatoms. The molecule has 2 saturated heterocycles. The average molecular weight is 475 g/mol. The number of fused-ring (bicyclic) bond motifs is 2. The Labute approximate surface area is 193 Å². The van der Waals surface area contributed by atoms with Gasteiger partial charge in [-0.15, -0.1) is 0 Å². The second-order valence-corrected chi connectivity index (χ2v) is 8.83. The largest absolute Gasteiger partial charge is 0.373 e. The van der Waals surface area contributed by atoms with E-state index in [4.69, 9.17) is 27.9 Å². The second kappa shape index (κ2) is 8.43. The molecule has 3 heterocycles. The highest BCUT2D eigenvalue weighted by molar-refractivity contribution is 6.32. The first-order valence-electron chi connectivity index (χ1n) is 10.2. The van der Waals surface area contributed by atoms with E-state index < -0.39 is 17.6 Å². The van der Waals surface area contributed by atoms with E-state index in [2.05, 4.69) is 10.3 Å². The van der Waals surface area contributed by atoms with E-state index >= 15 is 0 Å². The Morgan fingerprint density at radius 1 is 0.938 bits per heavy atom. The fourth-order valence-corrected chi connectivity index (χ4v) is 5.30. The average Bonchev–Trinajstić information content (AvgIpc) is 3.36. The van der Waals surface area contributed by atoms with Crippen molar-refractivity contribution in [1.82, 2.24) is 4.98 Å². The van der Waals surface area contributed by atoms with Gasteiger partial charge >= 0.3 is 0 Å². The number of nitrogens with one attached hydrogen (secondary N) is 1. The van der Waals surface area contributed by atoms with Gasteiger partial charge in [0, 0.05) is 22.7 Å². The molecule has 164 valence electrons. The molecule has 1 aromatic heterocycles. The van der Waals surface area contributed by atoms with Crippen molar-refractivity contribution in [1.29, 1.82) is 0 Å². The van der Waals surface area contributed by atoms with Gasteiger partial charge in [0.25, 0.3) is 0 Å². The first-order valence-corrected chi connectivity index (χ1v) is 11.0. The summed E-state index contributed by atoms with van der Waals surface area (Å²) in [7, 11) is 0. The molecule has 0 radical (unpaired) electrons. The molecule has 2 aromatic carbocycles. The molecular weight excluding hydrogens is 457 g/mol. The third kappa shape index (κ3) is 3.87. The van der Waals surface area contributed by atoms with Gasteiger partial charge in [-0.05, 0) is 54.8 Å². The lowest BCUT2D eigenvalue weighted by atomic mass is 9.75. The number of rotatable bonds is 4. The highest BCUT2D eigenvalue weighted by Crippen LogP contribution is 2.49. The third-order valence-electron chi connectivity index (χ3n) is 6.15. The first kappa shape index (κ1) is 21.3. The molecule has 2 aliphatic heterocycles. The number of hydrogen-bond acceptors (Lipinski definition) is 3. The maximum absolute atomic E-state index is 14.7. The smallest absolute Gasteiger partial charge is 0.230 e. The third-order valence-corrected chi connectivity index (χ3v) is 6.53. The summed E-state index contributed by atoms with van der Waals surface area (Å²) in [4.78, 5) is 17.2. The summed E-state index contributed by atoms with van der Waals surface area (Å²) in [5, 5.41) is 3.30. The normalized spacial score (nSPS) is 24.0. The summed E-state index contributed by atoms with van der Waals surface area (Å²) >= 11 is 12.2. The van der Waals surface area contributed by atoms with E-state index in [1.54, 1.807) is 30.3 Å². The van der Waals surface area contributed by atoms with Gasteiger partial charge in [0.05, 0.1) is 18.1 Å². The Balaban J connectivity index is 1.40. The quantitative estimate of drug-likeness (QED) is 0.455. The number of pyridine rings is 1. The second-order valence-electron chi connectivity index (χ2n) is 8.05. The van der Waals surface area contributed by atoms with E-state index in [0.29, 0.717) is 5.69 Å². The minimum Gasteiger partial charge on any atom is -0.373 e. The Morgan fingerprint density at radius 3 is 2.34 bits per heavy atom. The lowest BCUT2D eigenvalue weighted by molar-refractivity contribution is -0.121. The molecule has 0 spiro atoms. The Morgan fingerprint density at radius 2 is 1.62 bits per heavy atom. The highest BCUT2D eigenvalue weighted by Gasteiger charge is 2.52. The van der Waals surface area contributed by atoms with E-state index in [0.717, 1.165) is 18.4 Å². The fourth-order valence-electron chi connectivity index (χ4n) is 4.83. The van der Waals surface area contributed by atoms with Gasteiger partial charge in [-0.2, -0.15) is 0 Å². The molecule has 3 aromatic rings. The van der Waals surface area contributed by atoms with Crippen LogP contribution in [0.3, 0.4) is 0 Å². The maximum atomic E-state index is 14.7. The highest BCUT2D eigenvalue weighted by atomic mass is 35.5. The number of aromatic nitrogens is 1. The molecule has 4 nitrogen and oxygen atoms in total. The standard InChI is InChI=1S/C24H18Cl2F2N2O2/c25-20-9-12(10-21(26)30-20)22-18-7-8-19(32-18)23(22)24(31)29-13-5-6-15(17(28)11-13)14-3-1-2-4-16(14)27/h1-6,9-11,18-19,22-23H,7-8H2,(H,29,31)/t18-,19+,22+,23-/m0/s1. The van der Waals surface area contributed by atoms with E-state index in [-0.39, 0.29) is 45.5 Å². The predicted octanol–water partition coefficient (Wildman–Crippen LogP) is 6.23. The molecule has 5 rings (SSSR count). The van der Waals surface area contributed by atoms with Crippen LogP contribution in [-0.2, 0) is 9.53 Å². The lowest BCUT2D eigenvalue weighted by Crippen LogP contribution is -2.36. The monoisotopic (exact) mass is 474 g/mol. The summed E-state index contributed by atoms with van der Waals surface area (Å²) in [6.07, 6.45) is 1.25. The summed E-state index contributed by atoms with van der Waals surface area (Å²) in [5.41, 5.74) is 1.38. The van der Waals surface area contributed by atoms with Gasteiger partial charge < -0.3 is 10.1 Å². The van der Waals surface area contributed by atoms with Gasteiger partial charge in [-0.25, -0.2) is 13.8 Å². The Hall–Kier alpha value is -2.54. The number of anilines is 1. The van der Waals surface area contributed by atoms with Gasteiger partial charge in [0.2, 0.25) is 5.91 Å². The van der Waals surface area contributed by atoms with Crippen LogP contribution >= 0.6 is 23.2 Å². The van der Waals surface area contributed by atoms with Crippen molar-refractivity contribution in [2.75, 3.05) is 5.32 Å². The summed E-state index contributed by atoms with van der Waals surface area (Å²) < 4.78 is 34.8. The van der Waals surface area contributed by atoms with Crippen LogP contribution in [0.25, 0.3) is 11.1 Å². The van der Waals surface area contributed by atoms with Crippen LogP contribution in [0.2, 0.25) is 10.3 Å². The zero-order chi connectivity index (χ0) is 22.4. The maximum Gasteiger partial charge on any atom is 0.230 e. The van der Waals surface area contributed by atoms with Gasteiger partial charge in [-0.3, -0.25) is 4.79 Å². The molecule has 2 fully saturated rings. The molecule has 1 amide bonds. The molecule has 1 N–H and O–H groups in total. The van der Waals surface area contributed by atoms with E-state index in [1.165, 1.54) is 24.3 Å². The molecular formula is C24H18Cl2F2N2O2. The zero-order valence-corrected chi connectivity index (χ0v) is 18.2. The van der Waals surface area contributed by atoms with Gasteiger partial charge in [-0.1, -0.05) is 41.4 Å². The zero-order valence-electron chi connectivity index (χ0n) is 16.7. The van der Waals surface area contributed by atoms with Gasteiger partial charge in [0.15, 0.2) is 0 Å². The van der Waals surface area contributed by atoms with Crippen molar-refractivity contribution >= 4 is 34.8 Å². The van der Waals surface area contributed by atoms with Crippen LogP contribution in [0.1, 0.15) is 24.3 Å².